The molecule has 32 heavy (non-hydrogen) atoms. The van der Waals surface area contributed by atoms with Crippen LogP contribution in [-0.4, -0.2) is 44.1 Å². The van der Waals surface area contributed by atoms with E-state index in [2.05, 4.69) is 4.57 Å². The van der Waals surface area contributed by atoms with Gasteiger partial charge in [-0.2, -0.15) is 4.31 Å². The van der Waals surface area contributed by atoms with Gasteiger partial charge in [-0.15, -0.1) is 11.3 Å². The quantitative estimate of drug-likeness (QED) is 0.398. The third kappa shape index (κ3) is 5.75. The molecule has 1 heterocycles. The van der Waals surface area contributed by atoms with Crippen molar-refractivity contribution in [2.24, 2.45) is 4.99 Å². The fraction of sp³-hybridized carbons (Fsp3) is 0.375. The van der Waals surface area contributed by atoms with Crippen molar-refractivity contribution >= 4 is 27.0 Å². The van der Waals surface area contributed by atoms with Gasteiger partial charge in [0.2, 0.25) is 10.0 Å². The summed E-state index contributed by atoms with van der Waals surface area (Å²) in [5.41, 5.74) is 2.65. The molecule has 0 bridgehead atoms. The van der Waals surface area contributed by atoms with Crippen LogP contribution in [0.15, 0.2) is 69.9 Å². The lowest BCUT2D eigenvalue weighted by atomic mass is 10.2. The molecule has 172 valence electrons. The maximum atomic E-state index is 13.3. The van der Waals surface area contributed by atoms with Gasteiger partial charge in [0.25, 0.3) is 0 Å². The lowest BCUT2D eigenvalue weighted by Crippen LogP contribution is -2.32. The monoisotopic (exact) mass is 473 g/mol. The lowest BCUT2D eigenvalue weighted by molar-refractivity contribution is 0.187. The molecule has 0 amide bonds. The van der Waals surface area contributed by atoms with Crippen molar-refractivity contribution in [2.75, 3.05) is 26.8 Å². The average Bonchev–Trinajstić information content (AvgIpc) is 3.20. The number of hydrogen-bond acceptors (Lipinski definition) is 5. The highest BCUT2D eigenvalue weighted by Gasteiger charge is 2.23. The summed E-state index contributed by atoms with van der Waals surface area (Å²) in [4.78, 5) is 5.95. The largest absolute Gasteiger partial charge is 0.383 e. The molecule has 8 heteroatoms. The molecule has 0 radical (unpaired) electrons. The first-order chi connectivity index (χ1) is 15.5. The molecule has 3 rings (SSSR count). The second kappa shape index (κ2) is 11.6. The molecule has 6 nitrogen and oxygen atoms in total. The fourth-order valence-corrected chi connectivity index (χ4v) is 6.10. The van der Waals surface area contributed by atoms with Crippen LogP contribution >= 0.6 is 11.3 Å². The van der Waals surface area contributed by atoms with Crippen molar-refractivity contribution in [1.29, 1.82) is 0 Å². The zero-order valence-corrected chi connectivity index (χ0v) is 20.5. The van der Waals surface area contributed by atoms with Crippen molar-refractivity contribution in [3.63, 3.8) is 0 Å². The van der Waals surface area contributed by atoms with Crippen LogP contribution in [0.1, 0.15) is 26.7 Å². The molecule has 0 unspecified atom stereocenters. The third-order valence-corrected chi connectivity index (χ3v) is 7.77. The minimum Gasteiger partial charge on any atom is -0.383 e. The summed E-state index contributed by atoms with van der Waals surface area (Å²) >= 11 is 1.53. The number of methoxy groups -OCH3 is 1. The Morgan fingerprint density at radius 1 is 1.03 bits per heavy atom. The normalized spacial score (nSPS) is 12.6. The Kier molecular flexibility index (Phi) is 8.81. The van der Waals surface area contributed by atoms with E-state index in [1.165, 1.54) is 11.3 Å². The second-order valence-corrected chi connectivity index (χ2v) is 10.2. The van der Waals surface area contributed by atoms with E-state index in [0.29, 0.717) is 31.1 Å². The highest BCUT2D eigenvalue weighted by molar-refractivity contribution is 7.89. The topological polar surface area (TPSA) is 63.9 Å². The van der Waals surface area contributed by atoms with Crippen molar-refractivity contribution in [1.82, 2.24) is 8.87 Å². The van der Waals surface area contributed by atoms with Gasteiger partial charge in [-0.25, -0.2) is 13.4 Å². The molecule has 0 N–H and O–H groups in total. The Labute approximate surface area is 194 Å². The molecule has 0 fully saturated rings. The van der Waals surface area contributed by atoms with Gasteiger partial charge in [-0.3, -0.25) is 0 Å². The number of ether oxygens (including phenoxy) is 1. The van der Waals surface area contributed by atoms with E-state index in [-0.39, 0.29) is 0 Å². The van der Waals surface area contributed by atoms with E-state index in [1.54, 1.807) is 23.5 Å². The Morgan fingerprint density at radius 2 is 1.75 bits per heavy atom. The van der Waals surface area contributed by atoms with Crippen molar-refractivity contribution in [3.8, 4) is 11.3 Å². The Hall–Kier alpha value is -2.26. The summed E-state index contributed by atoms with van der Waals surface area (Å²) in [6.07, 6.45) is 1.57. The number of hydrogen-bond donors (Lipinski definition) is 0. The number of sulfonamides is 1. The molecule has 0 saturated heterocycles. The van der Waals surface area contributed by atoms with Gasteiger partial charge in [0.05, 0.1) is 22.9 Å². The molecule has 1 aromatic heterocycles. The number of thiazole rings is 1. The first-order valence-corrected chi connectivity index (χ1v) is 13.2. The van der Waals surface area contributed by atoms with Crippen molar-refractivity contribution in [2.45, 2.75) is 38.1 Å². The molecule has 0 spiro atoms. The summed E-state index contributed by atoms with van der Waals surface area (Å²) in [5, 5.41) is 2.03. The third-order valence-electron chi connectivity index (χ3n) is 5.01. The molecule has 0 saturated carbocycles. The number of benzene rings is 2. The second-order valence-electron chi connectivity index (χ2n) is 7.43. The van der Waals surface area contributed by atoms with E-state index in [1.807, 2.05) is 61.7 Å². The van der Waals surface area contributed by atoms with Crippen LogP contribution < -0.4 is 4.80 Å². The molecular weight excluding hydrogens is 442 g/mol. The van der Waals surface area contributed by atoms with Crippen LogP contribution in [0, 0.1) is 0 Å². The lowest BCUT2D eigenvalue weighted by Gasteiger charge is -2.21. The average molecular weight is 474 g/mol. The summed E-state index contributed by atoms with van der Waals surface area (Å²) in [5.74, 6) is 0. The summed E-state index contributed by atoms with van der Waals surface area (Å²) in [6, 6.07) is 17.0. The SMILES string of the molecule is CCCN(CCC)S(=O)(=O)c1cccc(-c2csc(=Nc3ccccc3)n2CCOC)c1. The molecule has 3 aromatic rings. The summed E-state index contributed by atoms with van der Waals surface area (Å²) in [7, 11) is -1.88. The van der Waals surface area contributed by atoms with Gasteiger partial charge in [-0.05, 0) is 37.1 Å². The van der Waals surface area contributed by atoms with Crippen LogP contribution in [0.3, 0.4) is 0 Å². The van der Waals surface area contributed by atoms with E-state index in [0.717, 1.165) is 34.6 Å². The highest BCUT2D eigenvalue weighted by atomic mass is 32.2. The van der Waals surface area contributed by atoms with Crippen LogP contribution in [0.5, 0.6) is 0 Å². The Balaban J connectivity index is 2.06. The minimum absolute atomic E-state index is 0.322. The standard InChI is InChI=1S/C24H31N3O3S2/c1-4-14-26(15-5-2)32(28,29)22-13-9-10-20(18-22)23-19-31-24(27(23)16-17-30-3)25-21-11-7-6-8-12-21/h6-13,18-19H,4-5,14-17H2,1-3H3. The van der Waals surface area contributed by atoms with E-state index >= 15 is 0 Å². The van der Waals surface area contributed by atoms with Gasteiger partial charge in [-0.1, -0.05) is 44.2 Å². The smallest absolute Gasteiger partial charge is 0.243 e. The van der Waals surface area contributed by atoms with Crippen LogP contribution in [0.2, 0.25) is 0 Å². The summed E-state index contributed by atoms with van der Waals surface area (Å²) < 4.78 is 35.5. The van der Waals surface area contributed by atoms with Gasteiger partial charge >= 0.3 is 0 Å². The van der Waals surface area contributed by atoms with Crippen LogP contribution in [0.25, 0.3) is 11.3 Å². The van der Waals surface area contributed by atoms with E-state index in [9.17, 15) is 8.42 Å². The first-order valence-electron chi connectivity index (χ1n) is 10.9. The molecule has 0 aliphatic heterocycles. The molecule has 0 aliphatic rings. The van der Waals surface area contributed by atoms with Crippen molar-refractivity contribution in [3.05, 3.63) is 64.8 Å². The van der Waals surface area contributed by atoms with Crippen molar-refractivity contribution < 1.29 is 13.2 Å². The maximum Gasteiger partial charge on any atom is 0.243 e. The highest BCUT2D eigenvalue weighted by Crippen LogP contribution is 2.26. The molecule has 2 aromatic carbocycles. The van der Waals surface area contributed by atoms with E-state index < -0.39 is 10.0 Å². The van der Waals surface area contributed by atoms with Crippen LogP contribution in [-0.2, 0) is 21.3 Å². The number of nitrogens with zero attached hydrogens (tertiary/aromatic N) is 3. The molecule has 0 atom stereocenters. The number of aromatic nitrogens is 1. The summed E-state index contributed by atoms with van der Waals surface area (Å²) in [6.45, 7) is 6.19. The van der Waals surface area contributed by atoms with Gasteiger partial charge < -0.3 is 9.30 Å². The predicted octanol–water partition coefficient (Wildman–Crippen LogP) is 4.91. The number of para-hydroxylation sites is 1. The zero-order chi connectivity index (χ0) is 23.0. The predicted molar refractivity (Wildman–Crippen MR) is 131 cm³/mol. The maximum absolute atomic E-state index is 13.3. The van der Waals surface area contributed by atoms with Gasteiger partial charge in [0.15, 0.2) is 4.80 Å². The Morgan fingerprint density at radius 3 is 2.41 bits per heavy atom. The Bertz CT molecular complexity index is 1160. The zero-order valence-electron chi connectivity index (χ0n) is 18.9. The number of rotatable bonds is 11. The fourth-order valence-electron chi connectivity index (χ4n) is 3.48. The van der Waals surface area contributed by atoms with Gasteiger partial charge in [0.1, 0.15) is 0 Å². The minimum atomic E-state index is -3.55. The first kappa shape index (κ1) is 24.4. The molecular formula is C24H31N3O3S2. The van der Waals surface area contributed by atoms with E-state index in [4.69, 9.17) is 9.73 Å². The van der Waals surface area contributed by atoms with Gasteiger partial charge in [0, 0.05) is 37.7 Å². The van der Waals surface area contributed by atoms with Crippen LogP contribution in [0.4, 0.5) is 5.69 Å². The molecule has 0 aliphatic carbocycles.